The molecule has 0 aliphatic carbocycles. The Hall–Kier alpha value is -2.31. The van der Waals surface area contributed by atoms with E-state index in [4.69, 9.17) is 22.2 Å². The second kappa shape index (κ2) is 8.36. The van der Waals surface area contributed by atoms with Gasteiger partial charge in [-0.3, -0.25) is 9.69 Å². The fourth-order valence-electron chi connectivity index (χ4n) is 1.89. The molecule has 0 aromatic heterocycles. The summed E-state index contributed by atoms with van der Waals surface area (Å²) in [6.07, 6.45) is 0. The van der Waals surface area contributed by atoms with Crippen molar-refractivity contribution in [2.45, 2.75) is 0 Å². The van der Waals surface area contributed by atoms with Gasteiger partial charge in [-0.25, -0.2) is 4.79 Å². The van der Waals surface area contributed by atoms with Gasteiger partial charge in [0.2, 0.25) is 0 Å². The lowest BCUT2D eigenvalue weighted by atomic mass is 10.3. The number of ether oxygens (including phenoxy) is 1. The molecule has 0 bridgehead atoms. The number of thioether (sulfide) groups is 1. The number of para-hydroxylation sites is 1. The number of amides is 2. The molecule has 0 spiro atoms. The lowest BCUT2D eigenvalue weighted by Gasteiger charge is -2.20. The summed E-state index contributed by atoms with van der Waals surface area (Å²) in [6, 6.07) is 8.74. The van der Waals surface area contributed by atoms with Crippen LogP contribution in [0.15, 0.2) is 30.3 Å². The van der Waals surface area contributed by atoms with Crippen molar-refractivity contribution in [2.24, 2.45) is 0 Å². The first-order valence-corrected chi connectivity index (χ1v) is 8.10. The third kappa shape index (κ3) is 4.84. The average molecular weight is 350 g/mol. The van der Waals surface area contributed by atoms with Crippen molar-refractivity contribution in [1.82, 2.24) is 9.80 Å². The fourth-order valence-corrected chi connectivity index (χ4v) is 2.47. The zero-order valence-electron chi connectivity index (χ0n) is 12.1. The number of nitrogens with one attached hydrogen (secondary N) is 1. The summed E-state index contributed by atoms with van der Waals surface area (Å²) in [6.45, 7) is 0.875. The van der Waals surface area contributed by atoms with E-state index >= 15 is 0 Å². The van der Waals surface area contributed by atoms with E-state index in [0.717, 1.165) is 11.8 Å². The molecule has 1 aromatic carbocycles. The Morgan fingerprint density at radius 1 is 1.35 bits per heavy atom. The molecule has 2 rings (SSSR count). The quantitative estimate of drug-likeness (QED) is 0.492. The zero-order chi connectivity index (χ0) is 16.7. The van der Waals surface area contributed by atoms with Crippen LogP contribution < -0.4 is 5.32 Å². The number of hydrogen-bond acceptors (Lipinski definition) is 6. The highest BCUT2D eigenvalue weighted by Gasteiger charge is 2.30. The van der Waals surface area contributed by atoms with Gasteiger partial charge >= 0.3 is 12.0 Å². The standard InChI is InChI=1S/C14H14N4O3S2/c15-9-23-8-12(19)21-10-17-6-7-18(14(17)22)13(20)16-11-4-2-1-3-5-11/h1-5H,6-8,10H2,(H,16,20). The molecule has 1 saturated heterocycles. The molecular formula is C14H14N4O3S2. The Bertz CT molecular complexity index is 633. The third-order valence-electron chi connectivity index (χ3n) is 3.00. The van der Waals surface area contributed by atoms with Crippen LogP contribution in [0.3, 0.4) is 0 Å². The Kier molecular flexibility index (Phi) is 6.19. The highest BCUT2D eigenvalue weighted by Crippen LogP contribution is 2.13. The predicted octanol–water partition coefficient (Wildman–Crippen LogP) is 1.84. The largest absolute Gasteiger partial charge is 0.444 e. The van der Waals surface area contributed by atoms with Gasteiger partial charge in [0.15, 0.2) is 11.8 Å². The summed E-state index contributed by atoms with van der Waals surface area (Å²) in [5, 5.41) is 13.2. The van der Waals surface area contributed by atoms with E-state index < -0.39 is 5.97 Å². The molecule has 1 aromatic rings. The maximum atomic E-state index is 12.2. The SMILES string of the molecule is N#CSCC(=O)OCN1CCN(C(=O)Nc2ccccc2)C1=S. The van der Waals surface area contributed by atoms with Gasteiger partial charge in [0.05, 0.1) is 0 Å². The van der Waals surface area contributed by atoms with E-state index in [0.29, 0.717) is 23.9 Å². The normalized spacial score (nSPS) is 13.6. The van der Waals surface area contributed by atoms with Crippen molar-refractivity contribution in [3.05, 3.63) is 30.3 Å². The van der Waals surface area contributed by atoms with Gasteiger partial charge in [-0.2, -0.15) is 5.26 Å². The summed E-state index contributed by atoms with van der Waals surface area (Å²) in [4.78, 5) is 26.6. The van der Waals surface area contributed by atoms with Gasteiger partial charge in [0, 0.05) is 18.8 Å². The molecule has 0 saturated carbocycles. The van der Waals surface area contributed by atoms with E-state index in [1.807, 2.05) is 18.2 Å². The van der Waals surface area contributed by atoms with Gasteiger partial charge in [0.25, 0.3) is 0 Å². The minimum absolute atomic E-state index is 0.0290. The molecule has 120 valence electrons. The van der Waals surface area contributed by atoms with Crippen LogP contribution in [-0.2, 0) is 9.53 Å². The summed E-state index contributed by atoms with van der Waals surface area (Å²) in [5.41, 5.74) is 0.679. The highest BCUT2D eigenvalue weighted by atomic mass is 32.2. The van der Waals surface area contributed by atoms with Crippen molar-refractivity contribution in [1.29, 1.82) is 5.26 Å². The zero-order valence-corrected chi connectivity index (χ0v) is 13.7. The number of rotatable bonds is 5. The summed E-state index contributed by atoms with van der Waals surface area (Å²) < 4.78 is 5.01. The Morgan fingerprint density at radius 3 is 2.78 bits per heavy atom. The molecule has 9 heteroatoms. The molecule has 23 heavy (non-hydrogen) atoms. The number of carbonyl (C=O) groups excluding carboxylic acids is 2. The molecule has 0 atom stereocenters. The second-order valence-corrected chi connectivity index (χ2v) is 5.64. The molecule has 1 aliphatic rings. The second-order valence-electron chi connectivity index (χ2n) is 4.52. The van der Waals surface area contributed by atoms with Crippen LogP contribution in [0.25, 0.3) is 0 Å². The lowest BCUT2D eigenvalue weighted by Crippen LogP contribution is -2.39. The number of esters is 1. The number of carbonyl (C=O) groups is 2. The van der Waals surface area contributed by atoms with Crippen molar-refractivity contribution in [3.63, 3.8) is 0 Å². The van der Waals surface area contributed by atoms with Crippen LogP contribution in [0.5, 0.6) is 0 Å². The number of thiocyanates is 1. The number of hydrogen-bond donors (Lipinski definition) is 1. The lowest BCUT2D eigenvalue weighted by molar-refractivity contribution is -0.143. The number of nitrogens with zero attached hydrogens (tertiary/aromatic N) is 3. The molecule has 0 radical (unpaired) electrons. The van der Waals surface area contributed by atoms with E-state index in [-0.39, 0.29) is 18.5 Å². The van der Waals surface area contributed by atoms with Gasteiger partial charge in [-0.05, 0) is 36.1 Å². The molecule has 2 amide bonds. The molecule has 1 N–H and O–H groups in total. The van der Waals surface area contributed by atoms with Crippen molar-refractivity contribution >= 4 is 46.8 Å². The number of benzene rings is 1. The predicted molar refractivity (Wildman–Crippen MR) is 90.5 cm³/mol. The van der Waals surface area contributed by atoms with Crippen LogP contribution >= 0.6 is 24.0 Å². The molecule has 1 heterocycles. The molecule has 7 nitrogen and oxygen atoms in total. The van der Waals surface area contributed by atoms with Crippen LogP contribution in [0.4, 0.5) is 10.5 Å². The van der Waals surface area contributed by atoms with E-state index in [9.17, 15) is 9.59 Å². The number of anilines is 1. The summed E-state index contributed by atoms with van der Waals surface area (Å²) in [7, 11) is 0. The number of nitriles is 1. The van der Waals surface area contributed by atoms with Crippen LogP contribution in [0, 0.1) is 10.7 Å². The van der Waals surface area contributed by atoms with Crippen molar-refractivity contribution in [2.75, 3.05) is 30.9 Å². The monoisotopic (exact) mass is 350 g/mol. The summed E-state index contributed by atoms with van der Waals surface area (Å²) >= 11 is 6.05. The fraction of sp³-hybridized carbons (Fsp3) is 0.286. The highest BCUT2D eigenvalue weighted by molar-refractivity contribution is 8.04. The van der Waals surface area contributed by atoms with E-state index in [1.165, 1.54) is 4.90 Å². The van der Waals surface area contributed by atoms with Gasteiger partial charge < -0.3 is 15.0 Å². The minimum atomic E-state index is -0.494. The first kappa shape index (κ1) is 17.1. The molecular weight excluding hydrogens is 336 g/mol. The topological polar surface area (TPSA) is 85.7 Å². The van der Waals surface area contributed by atoms with Crippen molar-refractivity contribution < 1.29 is 14.3 Å². The third-order valence-corrected chi connectivity index (χ3v) is 3.99. The molecule has 1 fully saturated rings. The van der Waals surface area contributed by atoms with Crippen molar-refractivity contribution in [3.8, 4) is 5.40 Å². The summed E-state index contributed by atoms with van der Waals surface area (Å²) in [5.74, 6) is -0.526. The van der Waals surface area contributed by atoms with Gasteiger partial charge in [0.1, 0.15) is 11.2 Å². The molecule has 1 aliphatic heterocycles. The van der Waals surface area contributed by atoms with E-state index in [2.05, 4.69) is 5.32 Å². The number of urea groups is 1. The maximum Gasteiger partial charge on any atom is 0.328 e. The number of thiocarbonyl (C=S) groups is 1. The smallest absolute Gasteiger partial charge is 0.328 e. The minimum Gasteiger partial charge on any atom is -0.444 e. The first-order valence-electron chi connectivity index (χ1n) is 6.71. The maximum absolute atomic E-state index is 12.2. The Balaban J connectivity index is 1.83. The Morgan fingerprint density at radius 2 is 2.09 bits per heavy atom. The Labute approximate surface area is 143 Å². The molecule has 0 unspecified atom stereocenters. The first-order chi connectivity index (χ1) is 11.1. The van der Waals surface area contributed by atoms with Crippen LogP contribution in [0.1, 0.15) is 0 Å². The van der Waals surface area contributed by atoms with Gasteiger partial charge in [-0.15, -0.1) is 0 Å². The average Bonchev–Trinajstić information content (AvgIpc) is 2.92. The van der Waals surface area contributed by atoms with Gasteiger partial charge in [-0.1, -0.05) is 18.2 Å². The van der Waals surface area contributed by atoms with Crippen LogP contribution in [0.2, 0.25) is 0 Å². The van der Waals surface area contributed by atoms with Crippen LogP contribution in [-0.4, -0.2) is 52.5 Å². The van der Waals surface area contributed by atoms with E-state index in [1.54, 1.807) is 22.4 Å².